The number of aromatic nitrogens is 2. The Hall–Kier alpha value is -2.41. The van der Waals surface area contributed by atoms with Crippen molar-refractivity contribution < 1.29 is 13.2 Å². The summed E-state index contributed by atoms with van der Waals surface area (Å²) < 4.78 is 39.1. The number of nitrogens with zero attached hydrogens (tertiary/aromatic N) is 2. The molecule has 0 saturated heterocycles. The molecule has 2 aromatic carbocycles. The maximum atomic E-state index is 12.4. The summed E-state index contributed by atoms with van der Waals surface area (Å²) in [5.74, 6) is -0.899. The van der Waals surface area contributed by atoms with Crippen molar-refractivity contribution in [3.63, 3.8) is 0 Å². The van der Waals surface area contributed by atoms with Crippen molar-refractivity contribution in [1.29, 1.82) is 0 Å². The Balaban J connectivity index is 1.63. The van der Waals surface area contributed by atoms with Gasteiger partial charge in [0.1, 0.15) is 0 Å². The lowest BCUT2D eigenvalue weighted by Gasteiger charge is -2.13. The number of nitrogens with one attached hydrogen (secondary N) is 1. The van der Waals surface area contributed by atoms with E-state index in [2.05, 4.69) is 10.4 Å². The molecule has 130 valence electrons. The number of halogens is 3. The van der Waals surface area contributed by atoms with Crippen LogP contribution in [-0.4, -0.2) is 21.7 Å². The molecule has 1 aromatic heterocycles. The van der Waals surface area contributed by atoms with E-state index >= 15 is 0 Å². The van der Waals surface area contributed by atoms with Gasteiger partial charge in [0.15, 0.2) is 0 Å². The second-order valence-corrected chi connectivity index (χ2v) is 6.39. The van der Waals surface area contributed by atoms with Crippen molar-refractivity contribution in [2.24, 2.45) is 0 Å². The highest BCUT2D eigenvalue weighted by Gasteiger charge is 2.27. The summed E-state index contributed by atoms with van der Waals surface area (Å²) in [5, 5.41) is 7.38. The minimum Gasteiger partial charge on any atom is -0.380 e. The highest BCUT2D eigenvalue weighted by atomic mass is 32.2. The van der Waals surface area contributed by atoms with Crippen LogP contribution in [0.5, 0.6) is 0 Å². The van der Waals surface area contributed by atoms with Crippen LogP contribution < -0.4 is 5.32 Å². The molecule has 0 amide bonds. The van der Waals surface area contributed by atoms with E-state index in [1.54, 1.807) is 35.1 Å². The number of benzene rings is 2. The van der Waals surface area contributed by atoms with E-state index in [1.165, 1.54) is 0 Å². The van der Waals surface area contributed by atoms with E-state index in [-0.39, 0.29) is 0 Å². The Labute approximate surface area is 147 Å². The molecule has 0 saturated carbocycles. The molecule has 1 N–H and O–H groups in total. The quantitative estimate of drug-likeness (QED) is 0.615. The van der Waals surface area contributed by atoms with Crippen molar-refractivity contribution >= 4 is 17.4 Å². The first-order valence-corrected chi connectivity index (χ1v) is 8.61. The van der Waals surface area contributed by atoms with Crippen LogP contribution in [0.4, 0.5) is 18.9 Å². The Morgan fingerprint density at radius 3 is 2.44 bits per heavy atom. The molecule has 0 aliphatic heterocycles. The smallest absolute Gasteiger partial charge is 0.380 e. The SMILES string of the molecule is FC(F)(F)CSc1ccccc1NCc1ccc(-n2cccn2)cc1. The van der Waals surface area contributed by atoms with Gasteiger partial charge in [-0.2, -0.15) is 18.3 Å². The average Bonchev–Trinajstić information content (AvgIpc) is 3.13. The molecule has 0 atom stereocenters. The van der Waals surface area contributed by atoms with Crippen LogP contribution in [0.25, 0.3) is 5.69 Å². The van der Waals surface area contributed by atoms with E-state index in [1.807, 2.05) is 36.5 Å². The first-order valence-electron chi connectivity index (χ1n) is 7.63. The van der Waals surface area contributed by atoms with Crippen molar-refractivity contribution in [3.8, 4) is 5.69 Å². The van der Waals surface area contributed by atoms with Gasteiger partial charge in [-0.05, 0) is 35.9 Å². The lowest BCUT2D eigenvalue weighted by molar-refractivity contribution is -0.105. The molecule has 3 nitrogen and oxygen atoms in total. The average molecular weight is 363 g/mol. The summed E-state index contributed by atoms with van der Waals surface area (Å²) in [6, 6.07) is 16.7. The number of thioether (sulfide) groups is 1. The Morgan fingerprint density at radius 2 is 1.76 bits per heavy atom. The van der Waals surface area contributed by atoms with Crippen molar-refractivity contribution in [3.05, 3.63) is 72.6 Å². The van der Waals surface area contributed by atoms with Crippen LogP contribution in [0.2, 0.25) is 0 Å². The molecule has 0 aliphatic rings. The van der Waals surface area contributed by atoms with Crippen LogP contribution in [0.15, 0.2) is 71.9 Å². The van der Waals surface area contributed by atoms with Crippen LogP contribution in [0, 0.1) is 0 Å². The van der Waals surface area contributed by atoms with Gasteiger partial charge in [-0.15, -0.1) is 11.8 Å². The zero-order valence-corrected chi connectivity index (χ0v) is 14.0. The highest BCUT2D eigenvalue weighted by molar-refractivity contribution is 7.99. The van der Waals surface area contributed by atoms with Gasteiger partial charge in [0.25, 0.3) is 0 Å². The normalized spacial score (nSPS) is 11.5. The summed E-state index contributed by atoms with van der Waals surface area (Å²) in [5.41, 5.74) is 2.69. The minimum absolute atomic E-state index is 0.531. The minimum atomic E-state index is -4.18. The largest absolute Gasteiger partial charge is 0.398 e. The van der Waals surface area contributed by atoms with Crippen molar-refractivity contribution in [1.82, 2.24) is 9.78 Å². The summed E-state index contributed by atoms with van der Waals surface area (Å²) in [6.07, 6.45) is -0.605. The lowest BCUT2D eigenvalue weighted by Crippen LogP contribution is -2.11. The van der Waals surface area contributed by atoms with Gasteiger partial charge in [0, 0.05) is 29.5 Å². The first-order chi connectivity index (χ1) is 12.0. The van der Waals surface area contributed by atoms with Crippen LogP contribution in [0.1, 0.15) is 5.56 Å². The Bertz CT molecular complexity index is 799. The van der Waals surface area contributed by atoms with Crippen LogP contribution in [-0.2, 0) is 6.54 Å². The number of anilines is 1. The Kier molecular flexibility index (Phi) is 5.33. The van der Waals surface area contributed by atoms with E-state index in [0.717, 1.165) is 23.0 Å². The van der Waals surface area contributed by atoms with E-state index in [4.69, 9.17) is 0 Å². The fourth-order valence-corrected chi connectivity index (χ4v) is 3.07. The summed E-state index contributed by atoms with van der Waals surface area (Å²) in [7, 11) is 0. The Morgan fingerprint density at radius 1 is 1.00 bits per heavy atom. The predicted molar refractivity (Wildman–Crippen MR) is 94.1 cm³/mol. The second-order valence-electron chi connectivity index (χ2n) is 5.37. The number of hydrogen-bond acceptors (Lipinski definition) is 3. The number of para-hydroxylation sites is 1. The molecule has 25 heavy (non-hydrogen) atoms. The topological polar surface area (TPSA) is 29.9 Å². The third-order valence-electron chi connectivity index (χ3n) is 3.47. The molecular formula is C18H16F3N3S. The van der Waals surface area contributed by atoms with Gasteiger partial charge >= 0.3 is 6.18 Å². The lowest BCUT2D eigenvalue weighted by atomic mass is 10.2. The van der Waals surface area contributed by atoms with Gasteiger partial charge in [-0.25, -0.2) is 4.68 Å². The molecule has 0 spiro atoms. The molecule has 3 rings (SSSR count). The highest BCUT2D eigenvalue weighted by Crippen LogP contribution is 2.32. The fourth-order valence-electron chi connectivity index (χ4n) is 2.28. The predicted octanol–water partition coefficient (Wildman–Crippen LogP) is 5.14. The third kappa shape index (κ3) is 5.03. The fraction of sp³-hybridized carbons (Fsp3) is 0.167. The van der Waals surface area contributed by atoms with Crippen molar-refractivity contribution in [2.75, 3.05) is 11.1 Å². The summed E-state index contributed by atoms with van der Waals surface area (Å²) in [4.78, 5) is 0.591. The summed E-state index contributed by atoms with van der Waals surface area (Å²) in [6.45, 7) is 0.531. The number of rotatable bonds is 6. The zero-order valence-electron chi connectivity index (χ0n) is 13.2. The van der Waals surface area contributed by atoms with Gasteiger partial charge in [0.05, 0.1) is 11.4 Å². The molecule has 0 aliphatic carbocycles. The molecule has 7 heteroatoms. The second kappa shape index (κ2) is 7.65. The molecule has 0 unspecified atom stereocenters. The van der Waals surface area contributed by atoms with Crippen LogP contribution >= 0.6 is 11.8 Å². The van der Waals surface area contributed by atoms with Crippen molar-refractivity contribution in [2.45, 2.75) is 17.6 Å². The molecule has 0 bridgehead atoms. The molecule has 1 heterocycles. The maximum absolute atomic E-state index is 12.4. The number of alkyl halides is 3. The van der Waals surface area contributed by atoms with Gasteiger partial charge in [0.2, 0.25) is 0 Å². The van der Waals surface area contributed by atoms with E-state index in [9.17, 15) is 13.2 Å². The standard InChI is InChI=1S/C18H16F3N3S/c19-18(20,21)13-25-17-5-2-1-4-16(17)22-12-14-6-8-15(9-7-14)24-11-3-10-23-24/h1-11,22H,12-13H2. The third-order valence-corrected chi connectivity index (χ3v) is 4.61. The van der Waals surface area contributed by atoms with E-state index < -0.39 is 11.9 Å². The van der Waals surface area contributed by atoms with Gasteiger partial charge < -0.3 is 5.32 Å². The van der Waals surface area contributed by atoms with Crippen LogP contribution in [0.3, 0.4) is 0 Å². The summed E-state index contributed by atoms with van der Waals surface area (Å²) >= 11 is 0.791. The van der Waals surface area contributed by atoms with E-state index in [0.29, 0.717) is 17.1 Å². The maximum Gasteiger partial charge on any atom is 0.398 e. The molecule has 0 fully saturated rings. The van der Waals surface area contributed by atoms with Gasteiger partial charge in [-0.3, -0.25) is 0 Å². The molecular weight excluding hydrogens is 347 g/mol. The van der Waals surface area contributed by atoms with Gasteiger partial charge in [-0.1, -0.05) is 24.3 Å². The molecule has 0 radical (unpaired) electrons. The molecule has 3 aromatic rings. The zero-order chi connectivity index (χ0) is 17.7. The monoisotopic (exact) mass is 363 g/mol. The first kappa shape index (κ1) is 17.4. The number of hydrogen-bond donors (Lipinski definition) is 1.